The monoisotopic (exact) mass is 202 g/mol. The molecule has 0 amide bonds. The second-order valence-electron chi connectivity index (χ2n) is 3.22. The third-order valence-electron chi connectivity index (χ3n) is 2.36. The topological polar surface area (TPSA) is 28.7 Å². The van der Waals surface area contributed by atoms with E-state index in [1.165, 1.54) is 5.39 Å². The van der Waals surface area contributed by atoms with Crippen LogP contribution in [-0.2, 0) is 0 Å². The van der Waals surface area contributed by atoms with E-state index in [-0.39, 0.29) is 0 Å². The van der Waals surface area contributed by atoms with Crippen molar-refractivity contribution in [2.75, 3.05) is 0 Å². The van der Waals surface area contributed by atoms with Gasteiger partial charge in [0.1, 0.15) is 5.15 Å². The Morgan fingerprint density at radius 1 is 1.07 bits per heavy atom. The number of halogens is 1. The van der Waals surface area contributed by atoms with Crippen LogP contribution < -0.4 is 0 Å². The summed E-state index contributed by atoms with van der Waals surface area (Å²) in [6.07, 6.45) is 1.76. The minimum Gasteiger partial charge on any atom is -0.353 e. The molecule has 0 unspecified atom stereocenters. The number of hydrogen-bond acceptors (Lipinski definition) is 1. The number of nitrogens with one attached hydrogen (secondary N) is 1. The van der Waals surface area contributed by atoms with E-state index < -0.39 is 0 Å². The smallest absolute Gasteiger partial charge is 0.129 e. The van der Waals surface area contributed by atoms with Crippen LogP contribution in [0, 0.1) is 0 Å². The van der Waals surface area contributed by atoms with Gasteiger partial charge in [0.05, 0.1) is 11.7 Å². The number of fused-ring (bicyclic) bond motifs is 3. The Kier molecular flexibility index (Phi) is 1.52. The summed E-state index contributed by atoms with van der Waals surface area (Å²) < 4.78 is 0. The fraction of sp³-hybridized carbons (Fsp3) is 0. The highest BCUT2D eigenvalue weighted by Gasteiger charge is 2.03. The summed E-state index contributed by atoms with van der Waals surface area (Å²) >= 11 is 5.85. The third-order valence-corrected chi connectivity index (χ3v) is 2.56. The van der Waals surface area contributed by atoms with Crippen molar-refractivity contribution in [3.05, 3.63) is 41.7 Å². The van der Waals surface area contributed by atoms with E-state index in [2.05, 4.69) is 16.0 Å². The van der Waals surface area contributed by atoms with Crippen molar-refractivity contribution in [1.82, 2.24) is 9.97 Å². The van der Waals surface area contributed by atoms with Crippen LogP contribution in [0.1, 0.15) is 0 Å². The number of aromatic amines is 1. The summed E-state index contributed by atoms with van der Waals surface area (Å²) in [5.41, 5.74) is 2.14. The highest BCUT2D eigenvalue weighted by atomic mass is 35.5. The van der Waals surface area contributed by atoms with E-state index in [1.54, 1.807) is 6.20 Å². The zero-order valence-electron chi connectivity index (χ0n) is 7.29. The number of benzene rings is 1. The Morgan fingerprint density at radius 3 is 2.86 bits per heavy atom. The Labute approximate surface area is 85.5 Å². The minimum atomic E-state index is 0.530. The summed E-state index contributed by atoms with van der Waals surface area (Å²) in [4.78, 5) is 7.32. The van der Waals surface area contributed by atoms with Crippen LogP contribution in [0.2, 0.25) is 5.15 Å². The first-order chi connectivity index (χ1) is 6.84. The molecule has 0 fully saturated rings. The van der Waals surface area contributed by atoms with Crippen LogP contribution in [0.15, 0.2) is 36.5 Å². The number of para-hydroxylation sites is 1. The first-order valence-electron chi connectivity index (χ1n) is 4.36. The van der Waals surface area contributed by atoms with Crippen LogP contribution in [0.25, 0.3) is 21.8 Å². The van der Waals surface area contributed by atoms with Gasteiger partial charge in [0, 0.05) is 16.3 Å². The first kappa shape index (κ1) is 7.83. The molecule has 14 heavy (non-hydrogen) atoms. The van der Waals surface area contributed by atoms with Crippen molar-refractivity contribution in [2.45, 2.75) is 0 Å². The predicted octanol–water partition coefficient (Wildman–Crippen LogP) is 3.37. The second kappa shape index (κ2) is 2.72. The molecule has 1 aromatic carbocycles. The third kappa shape index (κ3) is 1.01. The number of H-pyrrole nitrogens is 1. The maximum atomic E-state index is 5.85. The Hall–Kier alpha value is -1.54. The van der Waals surface area contributed by atoms with Gasteiger partial charge in [-0.1, -0.05) is 29.8 Å². The lowest BCUT2D eigenvalue weighted by molar-refractivity contribution is 1.35. The molecule has 0 aliphatic heterocycles. The summed E-state index contributed by atoms with van der Waals surface area (Å²) in [6.45, 7) is 0. The van der Waals surface area contributed by atoms with Crippen LogP contribution >= 0.6 is 11.6 Å². The second-order valence-corrected chi connectivity index (χ2v) is 3.61. The van der Waals surface area contributed by atoms with Gasteiger partial charge in [0.2, 0.25) is 0 Å². The molecule has 1 N–H and O–H groups in total. The van der Waals surface area contributed by atoms with E-state index in [0.29, 0.717) is 5.15 Å². The quantitative estimate of drug-likeness (QED) is 0.557. The van der Waals surface area contributed by atoms with Crippen molar-refractivity contribution >= 4 is 33.4 Å². The average Bonchev–Trinajstić information content (AvgIpc) is 2.56. The van der Waals surface area contributed by atoms with Gasteiger partial charge in [0.25, 0.3) is 0 Å². The molecule has 3 rings (SSSR count). The molecule has 68 valence electrons. The van der Waals surface area contributed by atoms with Crippen molar-refractivity contribution in [3.8, 4) is 0 Å². The Balaban J connectivity index is 2.58. The van der Waals surface area contributed by atoms with Gasteiger partial charge in [-0.15, -0.1) is 0 Å². The molecule has 2 heterocycles. The lowest BCUT2D eigenvalue weighted by Gasteiger charge is -1.90. The molecule has 0 aliphatic carbocycles. The summed E-state index contributed by atoms with van der Waals surface area (Å²) in [6, 6.07) is 10.0. The molecule has 3 heteroatoms. The van der Waals surface area contributed by atoms with Crippen LogP contribution in [0.5, 0.6) is 0 Å². The van der Waals surface area contributed by atoms with Crippen molar-refractivity contribution < 1.29 is 0 Å². The highest BCUT2D eigenvalue weighted by molar-refractivity contribution is 6.30. The van der Waals surface area contributed by atoms with Gasteiger partial charge in [-0.25, -0.2) is 4.98 Å². The fourth-order valence-corrected chi connectivity index (χ4v) is 1.88. The number of hydrogen-bond donors (Lipinski definition) is 1. The molecule has 2 nitrogen and oxygen atoms in total. The molecule has 0 spiro atoms. The van der Waals surface area contributed by atoms with Crippen molar-refractivity contribution in [3.63, 3.8) is 0 Å². The molecule has 0 atom stereocenters. The average molecular weight is 203 g/mol. The van der Waals surface area contributed by atoms with Crippen molar-refractivity contribution in [2.24, 2.45) is 0 Å². The number of aromatic nitrogens is 2. The number of pyridine rings is 1. The van der Waals surface area contributed by atoms with Crippen LogP contribution in [0.4, 0.5) is 0 Å². The normalized spacial score (nSPS) is 11.2. The van der Waals surface area contributed by atoms with Gasteiger partial charge < -0.3 is 4.98 Å². The lowest BCUT2D eigenvalue weighted by atomic mass is 10.2. The molecule has 0 bridgehead atoms. The van der Waals surface area contributed by atoms with Crippen molar-refractivity contribution in [1.29, 1.82) is 0 Å². The standard InChI is InChI=1S/C11H7ClN2/c12-11-5-8-7-3-1-2-4-9(7)14-10(8)6-13-11/h1-6,14H. The maximum Gasteiger partial charge on any atom is 0.129 e. The van der Waals surface area contributed by atoms with E-state index >= 15 is 0 Å². The Morgan fingerprint density at radius 2 is 1.93 bits per heavy atom. The van der Waals surface area contributed by atoms with Gasteiger partial charge in [-0.05, 0) is 12.1 Å². The minimum absolute atomic E-state index is 0.530. The van der Waals surface area contributed by atoms with E-state index in [4.69, 9.17) is 11.6 Å². The van der Waals surface area contributed by atoms with Gasteiger partial charge in [-0.2, -0.15) is 0 Å². The van der Waals surface area contributed by atoms with Crippen LogP contribution in [-0.4, -0.2) is 9.97 Å². The first-order valence-corrected chi connectivity index (χ1v) is 4.74. The Bertz CT molecular complexity index is 613. The zero-order valence-corrected chi connectivity index (χ0v) is 8.05. The fourth-order valence-electron chi connectivity index (χ4n) is 1.72. The molecule has 2 aromatic heterocycles. The van der Waals surface area contributed by atoms with Crippen LogP contribution in [0.3, 0.4) is 0 Å². The summed E-state index contributed by atoms with van der Waals surface area (Å²) in [5, 5.41) is 2.84. The zero-order chi connectivity index (χ0) is 9.54. The lowest BCUT2D eigenvalue weighted by Crippen LogP contribution is -1.73. The number of nitrogens with zero attached hydrogens (tertiary/aromatic N) is 1. The van der Waals surface area contributed by atoms with Gasteiger partial charge in [0.15, 0.2) is 0 Å². The van der Waals surface area contributed by atoms with E-state index in [1.807, 2.05) is 24.3 Å². The van der Waals surface area contributed by atoms with Gasteiger partial charge >= 0.3 is 0 Å². The molecule has 0 saturated carbocycles. The SMILES string of the molecule is Clc1cc2c(cn1)[nH]c1ccccc12. The highest BCUT2D eigenvalue weighted by Crippen LogP contribution is 2.25. The predicted molar refractivity (Wildman–Crippen MR) is 58.6 cm³/mol. The summed E-state index contributed by atoms with van der Waals surface area (Å²) in [7, 11) is 0. The molecule has 0 saturated heterocycles. The summed E-state index contributed by atoms with van der Waals surface area (Å²) in [5.74, 6) is 0. The molecular formula is C11H7ClN2. The molecule has 3 aromatic rings. The van der Waals surface area contributed by atoms with Gasteiger partial charge in [-0.3, -0.25) is 0 Å². The molecule has 0 aliphatic rings. The van der Waals surface area contributed by atoms with E-state index in [9.17, 15) is 0 Å². The maximum absolute atomic E-state index is 5.85. The van der Waals surface area contributed by atoms with E-state index in [0.717, 1.165) is 16.4 Å². The number of rotatable bonds is 0. The largest absolute Gasteiger partial charge is 0.353 e. The molecular weight excluding hydrogens is 196 g/mol. The molecule has 0 radical (unpaired) electrons.